The topological polar surface area (TPSA) is 89.8 Å². The molecule has 3 rings (SSSR count). The lowest BCUT2D eigenvalue weighted by atomic mass is 10.1. The summed E-state index contributed by atoms with van der Waals surface area (Å²) < 4.78 is 19.8. The molecule has 4 N–H and O–H groups in total. The molecule has 0 spiro atoms. The average Bonchev–Trinajstić information content (AvgIpc) is 2.53. The van der Waals surface area contributed by atoms with Gasteiger partial charge in [0.1, 0.15) is 17.7 Å². The Labute approximate surface area is 133 Å². The molecular weight excluding hydrogens is 297 g/mol. The molecule has 1 atom stereocenters. The standard InChI is InChI=1S/C16H18FN5O/c1-3-23-12-6-4-5-10(17)13(12)11-8-7-9-14(18)22(2)16(19)21-15(9)20-11/h4-8,14H,3,18H2,1-2H3,(H2,19,20,21). The maximum atomic E-state index is 14.3. The van der Waals surface area contributed by atoms with Gasteiger partial charge in [0.25, 0.3) is 0 Å². The van der Waals surface area contributed by atoms with Crippen molar-refractivity contribution in [3.05, 3.63) is 41.7 Å². The number of halogens is 1. The van der Waals surface area contributed by atoms with Crippen LogP contribution in [0.15, 0.2) is 35.3 Å². The van der Waals surface area contributed by atoms with E-state index in [0.29, 0.717) is 29.4 Å². The lowest BCUT2D eigenvalue weighted by Gasteiger charge is -2.30. The van der Waals surface area contributed by atoms with Gasteiger partial charge in [0.05, 0.1) is 17.9 Å². The largest absolute Gasteiger partial charge is 0.493 e. The number of nitrogens with two attached hydrogens (primary N) is 2. The molecule has 1 unspecified atom stereocenters. The first kappa shape index (κ1) is 15.2. The highest BCUT2D eigenvalue weighted by Gasteiger charge is 2.25. The maximum absolute atomic E-state index is 14.3. The highest BCUT2D eigenvalue weighted by atomic mass is 19.1. The Balaban J connectivity index is 2.14. The summed E-state index contributed by atoms with van der Waals surface area (Å²) >= 11 is 0. The Bertz CT molecular complexity index is 777. The first-order valence-electron chi connectivity index (χ1n) is 7.28. The molecule has 7 heteroatoms. The predicted octanol–water partition coefficient (Wildman–Crippen LogP) is 2.14. The van der Waals surface area contributed by atoms with Crippen LogP contribution in [0.2, 0.25) is 0 Å². The average molecular weight is 315 g/mol. The number of hydrogen-bond donors (Lipinski definition) is 2. The molecule has 2 aromatic rings. The van der Waals surface area contributed by atoms with Gasteiger partial charge in [-0.15, -0.1) is 0 Å². The van der Waals surface area contributed by atoms with Crippen LogP contribution < -0.4 is 16.2 Å². The van der Waals surface area contributed by atoms with Crippen LogP contribution in [0.1, 0.15) is 18.7 Å². The number of benzene rings is 1. The number of pyridine rings is 1. The third-order valence-electron chi connectivity index (χ3n) is 3.75. The van der Waals surface area contributed by atoms with Gasteiger partial charge in [-0.3, -0.25) is 0 Å². The minimum atomic E-state index is -0.434. The van der Waals surface area contributed by atoms with E-state index in [0.717, 1.165) is 5.56 Å². The van der Waals surface area contributed by atoms with E-state index < -0.39 is 12.0 Å². The maximum Gasteiger partial charge on any atom is 0.199 e. The van der Waals surface area contributed by atoms with Crippen LogP contribution in [0.3, 0.4) is 0 Å². The summed E-state index contributed by atoms with van der Waals surface area (Å²) in [5.74, 6) is 0.705. The molecule has 0 bridgehead atoms. The third-order valence-corrected chi connectivity index (χ3v) is 3.75. The number of guanidine groups is 1. The minimum absolute atomic E-state index is 0.271. The smallest absolute Gasteiger partial charge is 0.199 e. The summed E-state index contributed by atoms with van der Waals surface area (Å²) in [5, 5.41) is 0. The number of nitrogens with zero attached hydrogens (tertiary/aromatic N) is 3. The lowest BCUT2D eigenvalue weighted by molar-refractivity contribution is 0.340. The highest BCUT2D eigenvalue weighted by molar-refractivity contribution is 5.83. The predicted molar refractivity (Wildman–Crippen MR) is 86.8 cm³/mol. The Kier molecular flexibility index (Phi) is 3.87. The zero-order valence-corrected chi connectivity index (χ0v) is 13.0. The molecule has 0 aliphatic carbocycles. The van der Waals surface area contributed by atoms with Crippen molar-refractivity contribution >= 4 is 11.8 Å². The first-order chi connectivity index (χ1) is 11.0. The number of aliphatic imine (C=N–C) groups is 1. The van der Waals surface area contributed by atoms with E-state index >= 15 is 0 Å². The van der Waals surface area contributed by atoms with E-state index in [1.807, 2.05) is 6.92 Å². The molecule has 0 saturated heterocycles. The Morgan fingerprint density at radius 3 is 2.83 bits per heavy atom. The molecule has 0 fully saturated rings. The van der Waals surface area contributed by atoms with Crippen molar-refractivity contribution in [3.63, 3.8) is 0 Å². The van der Waals surface area contributed by atoms with E-state index in [1.54, 1.807) is 36.2 Å². The first-order valence-corrected chi connectivity index (χ1v) is 7.28. The number of fused-ring (bicyclic) bond motifs is 1. The van der Waals surface area contributed by atoms with Crippen LogP contribution in [-0.4, -0.2) is 29.5 Å². The number of rotatable bonds is 3. The van der Waals surface area contributed by atoms with Crippen molar-refractivity contribution in [1.29, 1.82) is 0 Å². The van der Waals surface area contributed by atoms with Crippen LogP contribution in [-0.2, 0) is 0 Å². The lowest BCUT2D eigenvalue weighted by Crippen LogP contribution is -2.43. The van der Waals surface area contributed by atoms with E-state index in [9.17, 15) is 4.39 Å². The molecule has 6 nitrogen and oxygen atoms in total. The molecule has 1 aromatic heterocycles. The number of hydrogen-bond acceptors (Lipinski definition) is 6. The molecule has 0 saturated carbocycles. The van der Waals surface area contributed by atoms with Gasteiger partial charge in [-0.05, 0) is 31.2 Å². The fourth-order valence-corrected chi connectivity index (χ4v) is 2.49. The summed E-state index contributed by atoms with van der Waals surface area (Å²) in [5.41, 5.74) is 13.4. The van der Waals surface area contributed by atoms with Crippen molar-refractivity contribution < 1.29 is 9.13 Å². The number of aromatic nitrogens is 1. The molecule has 2 heterocycles. The summed E-state index contributed by atoms with van der Waals surface area (Å²) in [7, 11) is 1.75. The van der Waals surface area contributed by atoms with Crippen molar-refractivity contribution in [2.24, 2.45) is 16.5 Å². The van der Waals surface area contributed by atoms with Gasteiger partial charge in [0, 0.05) is 12.6 Å². The molecular formula is C16H18FN5O. The van der Waals surface area contributed by atoms with Gasteiger partial charge >= 0.3 is 0 Å². The van der Waals surface area contributed by atoms with Gasteiger partial charge < -0.3 is 21.1 Å². The summed E-state index contributed by atoms with van der Waals surface area (Å²) in [4.78, 5) is 10.3. The number of ether oxygens (including phenoxy) is 1. The Morgan fingerprint density at radius 1 is 1.30 bits per heavy atom. The van der Waals surface area contributed by atoms with Crippen LogP contribution in [0.25, 0.3) is 11.3 Å². The Morgan fingerprint density at radius 2 is 2.09 bits per heavy atom. The SMILES string of the molecule is CCOc1cccc(F)c1-c1ccc2c(n1)N=C(N)N(C)C2N. The van der Waals surface area contributed by atoms with Gasteiger partial charge in [0.15, 0.2) is 11.8 Å². The van der Waals surface area contributed by atoms with E-state index in [1.165, 1.54) is 6.07 Å². The minimum Gasteiger partial charge on any atom is -0.493 e. The molecule has 1 aliphatic rings. The molecule has 0 amide bonds. The van der Waals surface area contributed by atoms with Crippen LogP contribution in [0.4, 0.5) is 10.2 Å². The summed E-state index contributed by atoms with van der Waals surface area (Å²) in [6, 6.07) is 8.18. The second kappa shape index (κ2) is 5.85. The highest BCUT2D eigenvalue weighted by Crippen LogP contribution is 2.35. The van der Waals surface area contributed by atoms with Crippen molar-refractivity contribution in [2.75, 3.05) is 13.7 Å². The van der Waals surface area contributed by atoms with Crippen molar-refractivity contribution in [1.82, 2.24) is 9.88 Å². The fraction of sp³-hybridized carbons (Fsp3) is 0.250. The normalized spacial score (nSPS) is 16.8. The third kappa shape index (κ3) is 2.59. The van der Waals surface area contributed by atoms with Crippen molar-refractivity contribution in [2.45, 2.75) is 13.1 Å². The second-order valence-electron chi connectivity index (χ2n) is 5.18. The van der Waals surface area contributed by atoms with Crippen LogP contribution in [0, 0.1) is 5.82 Å². The van der Waals surface area contributed by atoms with Gasteiger partial charge in [-0.1, -0.05) is 6.07 Å². The quantitative estimate of drug-likeness (QED) is 0.905. The van der Waals surface area contributed by atoms with E-state index in [2.05, 4.69) is 9.98 Å². The molecule has 23 heavy (non-hydrogen) atoms. The van der Waals surface area contributed by atoms with Crippen molar-refractivity contribution in [3.8, 4) is 17.0 Å². The summed E-state index contributed by atoms with van der Waals surface area (Å²) in [6.07, 6.45) is -0.434. The fourth-order valence-electron chi connectivity index (χ4n) is 2.49. The van der Waals surface area contributed by atoms with E-state index in [4.69, 9.17) is 16.2 Å². The molecule has 120 valence electrons. The second-order valence-corrected chi connectivity index (χ2v) is 5.18. The Hall–Kier alpha value is -2.67. The van der Waals surface area contributed by atoms with Crippen LogP contribution >= 0.6 is 0 Å². The van der Waals surface area contributed by atoms with Crippen LogP contribution in [0.5, 0.6) is 5.75 Å². The summed E-state index contributed by atoms with van der Waals surface area (Å²) in [6.45, 7) is 2.27. The monoisotopic (exact) mass is 315 g/mol. The van der Waals surface area contributed by atoms with E-state index in [-0.39, 0.29) is 5.96 Å². The van der Waals surface area contributed by atoms with Gasteiger partial charge in [-0.25, -0.2) is 9.37 Å². The molecule has 1 aliphatic heterocycles. The van der Waals surface area contributed by atoms with Gasteiger partial charge in [-0.2, -0.15) is 4.99 Å². The molecule has 1 aromatic carbocycles. The zero-order chi connectivity index (χ0) is 16.6. The molecule has 0 radical (unpaired) electrons. The van der Waals surface area contributed by atoms with Gasteiger partial charge in [0.2, 0.25) is 0 Å². The zero-order valence-electron chi connectivity index (χ0n) is 13.0.